The van der Waals surface area contributed by atoms with Crippen molar-refractivity contribution < 1.29 is 4.79 Å². The summed E-state index contributed by atoms with van der Waals surface area (Å²) in [7, 11) is 0. The highest BCUT2D eigenvalue weighted by Crippen LogP contribution is 1.91. The summed E-state index contributed by atoms with van der Waals surface area (Å²) in [5.74, 6) is -0.779. The van der Waals surface area contributed by atoms with Gasteiger partial charge in [-0.3, -0.25) is 4.79 Å². The lowest BCUT2D eigenvalue weighted by Gasteiger charge is -1.90. The first kappa shape index (κ1) is 7.15. The van der Waals surface area contributed by atoms with E-state index in [2.05, 4.69) is 9.97 Å². The fraction of sp³-hybridized carbons (Fsp3) is 0. The van der Waals surface area contributed by atoms with Gasteiger partial charge in [-0.1, -0.05) is 0 Å². The summed E-state index contributed by atoms with van der Waals surface area (Å²) >= 11 is 0. The van der Waals surface area contributed by atoms with Gasteiger partial charge in [-0.25, -0.2) is 9.97 Å². The molecule has 0 aliphatic carbocycles. The Bertz CT molecular complexity index is 310. The van der Waals surface area contributed by atoms with Crippen molar-refractivity contribution in [2.24, 2.45) is 5.73 Å². The van der Waals surface area contributed by atoms with Gasteiger partial charge in [0.2, 0.25) is 5.82 Å². The van der Waals surface area contributed by atoms with Crippen LogP contribution in [0.15, 0.2) is 12.4 Å². The standard InChI is InChI=1S/C6H4N4O/c7-1-4-2-9-6(5(8)11)10-3-4/h2-3H,(H2,8,11). The van der Waals surface area contributed by atoms with Crippen LogP contribution >= 0.6 is 0 Å². The minimum Gasteiger partial charge on any atom is -0.363 e. The molecule has 0 aliphatic rings. The minimum absolute atomic E-state index is 0.0796. The number of nitrogens with two attached hydrogens (primary N) is 1. The van der Waals surface area contributed by atoms with E-state index in [-0.39, 0.29) is 5.82 Å². The van der Waals surface area contributed by atoms with Crippen molar-refractivity contribution in [1.29, 1.82) is 5.26 Å². The van der Waals surface area contributed by atoms with Gasteiger partial charge in [-0.15, -0.1) is 0 Å². The molecule has 0 radical (unpaired) electrons. The number of amides is 1. The number of primary amides is 1. The van der Waals surface area contributed by atoms with Crippen LogP contribution in [-0.2, 0) is 0 Å². The number of nitriles is 1. The number of nitrogens with zero attached hydrogens (tertiary/aromatic N) is 3. The summed E-state index contributed by atoms with van der Waals surface area (Å²) in [6, 6.07) is 1.82. The summed E-state index contributed by atoms with van der Waals surface area (Å²) < 4.78 is 0. The lowest BCUT2D eigenvalue weighted by molar-refractivity contribution is 0.0990. The van der Waals surface area contributed by atoms with Crippen molar-refractivity contribution in [2.45, 2.75) is 0 Å². The Balaban J connectivity index is 3.03. The maximum Gasteiger partial charge on any atom is 0.286 e. The molecule has 1 aromatic rings. The number of aromatic nitrogens is 2. The Kier molecular flexibility index (Phi) is 1.79. The third kappa shape index (κ3) is 1.49. The van der Waals surface area contributed by atoms with Gasteiger partial charge in [0.1, 0.15) is 6.07 Å². The predicted octanol–water partition coefficient (Wildman–Crippen LogP) is -0.553. The predicted molar refractivity (Wildman–Crippen MR) is 35.3 cm³/mol. The van der Waals surface area contributed by atoms with Crippen LogP contribution in [0.2, 0.25) is 0 Å². The quantitative estimate of drug-likeness (QED) is 0.578. The molecule has 11 heavy (non-hydrogen) atoms. The first-order chi connectivity index (χ1) is 5.24. The Morgan fingerprint density at radius 1 is 1.55 bits per heavy atom. The van der Waals surface area contributed by atoms with E-state index < -0.39 is 5.91 Å². The van der Waals surface area contributed by atoms with Gasteiger partial charge < -0.3 is 5.73 Å². The van der Waals surface area contributed by atoms with Gasteiger partial charge in [-0.05, 0) is 0 Å². The number of carbonyl (C=O) groups excluding carboxylic acids is 1. The zero-order valence-corrected chi connectivity index (χ0v) is 5.48. The minimum atomic E-state index is -0.700. The second-order valence-electron chi connectivity index (χ2n) is 1.77. The average molecular weight is 148 g/mol. The summed E-state index contributed by atoms with van der Waals surface area (Å²) in [5, 5.41) is 8.32. The van der Waals surface area contributed by atoms with Crippen molar-refractivity contribution in [3.05, 3.63) is 23.8 Å². The van der Waals surface area contributed by atoms with Crippen LogP contribution < -0.4 is 5.73 Å². The van der Waals surface area contributed by atoms with E-state index in [1.807, 2.05) is 6.07 Å². The summed E-state index contributed by atoms with van der Waals surface area (Å²) in [5.41, 5.74) is 5.16. The number of rotatable bonds is 1. The molecule has 54 valence electrons. The molecule has 1 rings (SSSR count). The molecule has 5 heteroatoms. The molecule has 0 fully saturated rings. The highest BCUT2D eigenvalue weighted by atomic mass is 16.1. The highest BCUT2D eigenvalue weighted by molar-refractivity contribution is 5.88. The molecule has 0 aliphatic heterocycles. The molecule has 1 heterocycles. The smallest absolute Gasteiger partial charge is 0.286 e. The molecule has 0 atom stereocenters. The molecule has 1 aromatic heterocycles. The largest absolute Gasteiger partial charge is 0.363 e. The van der Waals surface area contributed by atoms with Crippen LogP contribution in [0, 0.1) is 11.3 Å². The van der Waals surface area contributed by atoms with E-state index in [9.17, 15) is 4.79 Å². The Morgan fingerprint density at radius 3 is 2.45 bits per heavy atom. The molecule has 1 amide bonds. The van der Waals surface area contributed by atoms with Crippen LogP contribution in [0.1, 0.15) is 16.2 Å². The Morgan fingerprint density at radius 2 is 2.09 bits per heavy atom. The van der Waals surface area contributed by atoms with Crippen LogP contribution in [0.4, 0.5) is 0 Å². The molecule has 0 saturated heterocycles. The monoisotopic (exact) mass is 148 g/mol. The lowest BCUT2D eigenvalue weighted by atomic mass is 10.4. The van der Waals surface area contributed by atoms with Gasteiger partial charge in [0, 0.05) is 12.4 Å². The van der Waals surface area contributed by atoms with Gasteiger partial charge in [0.25, 0.3) is 5.91 Å². The molecule has 0 spiro atoms. The molecule has 0 unspecified atom stereocenters. The molecule has 2 N–H and O–H groups in total. The number of hydrogen-bond acceptors (Lipinski definition) is 4. The van der Waals surface area contributed by atoms with Gasteiger partial charge in [0.05, 0.1) is 5.56 Å². The van der Waals surface area contributed by atoms with Crippen molar-refractivity contribution in [2.75, 3.05) is 0 Å². The fourth-order valence-electron chi connectivity index (χ4n) is 0.513. The van der Waals surface area contributed by atoms with E-state index >= 15 is 0 Å². The molecule has 0 bridgehead atoms. The normalized spacial score (nSPS) is 8.64. The second kappa shape index (κ2) is 2.75. The Hall–Kier alpha value is -1.96. The van der Waals surface area contributed by atoms with E-state index in [0.717, 1.165) is 0 Å². The molecule has 0 aromatic carbocycles. The van der Waals surface area contributed by atoms with Crippen molar-refractivity contribution in [3.8, 4) is 6.07 Å². The van der Waals surface area contributed by atoms with Crippen LogP contribution in [0.3, 0.4) is 0 Å². The summed E-state index contributed by atoms with van der Waals surface area (Å²) in [6.07, 6.45) is 2.49. The van der Waals surface area contributed by atoms with Crippen LogP contribution in [0.25, 0.3) is 0 Å². The molecular weight excluding hydrogens is 144 g/mol. The maximum absolute atomic E-state index is 10.4. The van der Waals surface area contributed by atoms with E-state index in [4.69, 9.17) is 11.0 Å². The number of carbonyl (C=O) groups is 1. The zero-order chi connectivity index (χ0) is 8.27. The van der Waals surface area contributed by atoms with Crippen molar-refractivity contribution >= 4 is 5.91 Å². The van der Waals surface area contributed by atoms with Gasteiger partial charge >= 0.3 is 0 Å². The van der Waals surface area contributed by atoms with E-state index in [1.165, 1.54) is 12.4 Å². The maximum atomic E-state index is 10.4. The lowest BCUT2D eigenvalue weighted by Crippen LogP contribution is -2.14. The zero-order valence-electron chi connectivity index (χ0n) is 5.48. The second-order valence-corrected chi connectivity index (χ2v) is 1.77. The topological polar surface area (TPSA) is 92.7 Å². The average Bonchev–Trinajstić information content (AvgIpc) is 2.05. The SMILES string of the molecule is N#Cc1cnc(C(N)=O)nc1. The van der Waals surface area contributed by atoms with Crippen molar-refractivity contribution in [1.82, 2.24) is 9.97 Å². The molecule has 5 nitrogen and oxygen atoms in total. The summed E-state index contributed by atoms with van der Waals surface area (Å²) in [4.78, 5) is 17.5. The molecule has 0 saturated carbocycles. The number of hydrogen-bond donors (Lipinski definition) is 1. The van der Waals surface area contributed by atoms with Crippen molar-refractivity contribution in [3.63, 3.8) is 0 Å². The third-order valence-electron chi connectivity index (χ3n) is 1.00. The van der Waals surface area contributed by atoms with Gasteiger partial charge in [-0.2, -0.15) is 5.26 Å². The van der Waals surface area contributed by atoms with Gasteiger partial charge in [0.15, 0.2) is 0 Å². The van der Waals surface area contributed by atoms with Crippen LogP contribution in [0.5, 0.6) is 0 Å². The highest BCUT2D eigenvalue weighted by Gasteiger charge is 2.01. The van der Waals surface area contributed by atoms with E-state index in [0.29, 0.717) is 5.56 Å². The first-order valence-corrected chi connectivity index (χ1v) is 2.76. The fourth-order valence-corrected chi connectivity index (χ4v) is 0.513. The Labute approximate surface area is 62.5 Å². The molecular formula is C6H4N4O. The van der Waals surface area contributed by atoms with Crippen LogP contribution in [-0.4, -0.2) is 15.9 Å². The third-order valence-corrected chi connectivity index (χ3v) is 1.00. The van der Waals surface area contributed by atoms with E-state index in [1.54, 1.807) is 0 Å². The summed E-state index contributed by atoms with van der Waals surface area (Å²) in [6.45, 7) is 0. The first-order valence-electron chi connectivity index (χ1n) is 2.76.